The van der Waals surface area contributed by atoms with Crippen molar-refractivity contribution in [3.8, 4) is 0 Å². The molecular weight excluding hydrogens is 144 g/mol. The fraction of sp³-hybridized carbons (Fsp3) is 0.875. The van der Waals surface area contributed by atoms with Crippen molar-refractivity contribution in [1.29, 1.82) is 0 Å². The second kappa shape index (κ2) is 9.02. The largest absolute Gasteiger partial charge is 0.303 e. The molecule has 0 atom stereocenters. The van der Waals surface area contributed by atoms with Crippen molar-refractivity contribution >= 4 is 18.0 Å². The lowest BCUT2D eigenvalue weighted by Crippen LogP contribution is -1.84. The molecular formula is C8H16OS. The molecule has 0 fully saturated rings. The van der Waals surface area contributed by atoms with Crippen LogP contribution in [-0.4, -0.2) is 17.8 Å². The molecule has 0 bridgehead atoms. The van der Waals surface area contributed by atoms with Gasteiger partial charge in [-0.3, -0.25) is 0 Å². The molecule has 10 heavy (non-hydrogen) atoms. The number of rotatable bonds is 7. The first-order valence-corrected chi connectivity index (χ1v) is 5.08. The van der Waals surface area contributed by atoms with Crippen LogP contribution in [0.4, 0.5) is 0 Å². The Labute approximate surface area is 67.6 Å². The quantitative estimate of drug-likeness (QED) is 0.420. The summed E-state index contributed by atoms with van der Waals surface area (Å²) in [6, 6.07) is 0. The fourth-order valence-corrected chi connectivity index (χ4v) is 1.56. The topological polar surface area (TPSA) is 17.1 Å². The van der Waals surface area contributed by atoms with Crippen molar-refractivity contribution in [2.24, 2.45) is 0 Å². The van der Waals surface area contributed by atoms with Crippen LogP contribution >= 0.6 is 11.8 Å². The van der Waals surface area contributed by atoms with Crippen molar-refractivity contribution in [1.82, 2.24) is 0 Å². The normalized spacial score (nSPS) is 9.70. The molecule has 0 radical (unpaired) electrons. The Morgan fingerprint density at radius 1 is 1.30 bits per heavy atom. The minimum atomic E-state index is 0.719. The molecule has 0 aliphatic heterocycles. The van der Waals surface area contributed by atoms with Crippen LogP contribution in [0.25, 0.3) is 0 Å². The average Bonchev–Trinajstić information content (AvgIpc) is 1.97. The van der Waals surface area contributed by atoms with E-state index in [2.05, 4.69) is 6.92 Å². The van der Waals surface area contributed by atoms with Gasteiger partial charge in [-0.2, -0.15) is 11.8 Å². The molecule has 1 nitrogen and oxygen atoms in total. The zero-order valence-corrected chi connectivity index (χ0v) is 7.45. The van der Waals surface area contributed by atoms with E-state index in [0.29, 0.717) is 0 Å². The van der Waals surface area contributed by atoms with E-state index in [1.54, 1.807) is 0 Å². The molecule has 0 saturated carbocycles. The lowest BCUT2D eigenvalue weighted by molar-refractivity contribution is -0.107. The maximum absolute atomic E-state index is 9.88. The second-order valence-electron chi connectivity index (χ2n) is 2.27. The van der Waals surface area contributed by atoms with Crippen LogP contribution in [0.3, 0.4) is 0 Å². The van der Waals surface area contributed by atoms with Gasteiger partial charge in [0, 0.05) is 6.42 Å². The third-order valence-corrected chi connectivity index (χ3v) is 2.37. The highest BCUT2D eigenvalue weighted by Crippen LogP contribution is 2.06. The molecule has 0 rings (SSSR count). The number of carbonyl (C=O) groups is 1. The molecule has 0 amide bonds. The molecule has 0 unspecified atom stereocenters. The van der Waals surface area contributed by atoms with Gasteiger partial charge < -0.3 is 4.79 Å². The lowest BCUT2D eigenvalue weighted by atomic mass is 10.3. The van der Waals surface area contributed by atoms with E-state index < -0.39 is 0 Å². The molecule has 0 aliphatic rings. The number of carbonyl (C=O) groups excluding carboxylic acids is 1. The van der Waals surface area contributed by atoms with Gasteiger partial charge in [-0.15, -0.1) is 0 Å². The van der Waals surface area contributed by atoms with Gasteiger partial charge in [0.1, 0.15) is 6.29 Å². The average molecular weight is 160 g/mol. The Bertz CT molecular complexity index is 73.7. The molecule has 0 aromatic carbocycles. The third-order valence-electron chi connectivity index (χ3n) is 1.27. The predicted molar refractivity (Wildman–Crippen MR) is 47.5 cm³/mol. The van der Waals surface area contributed by atoms with E-state index in [1.165, 1.54) is 25.0 Å². The van der Waals surface area contributed by atoms with Gasteiger partial charge in [0.2, 0.25) is 0 Å². The number of aldehydes is 1. The minimum Gasteiger partial charge on any atom is -0.303 e. The van der Waals surface area contributed by atoms with E-state index in [9.17, 15) is 4.79 Å². The van der Waals surface area contributed by atoms with Crippen molar-refractivity contribution in [3.05, 3.63) is 0 Å². The summed E-state index contributed by atoms with van der Waals surface area (Å²) < 4.78 is 0. The van der Waals surface area contributed by atoms with Gasteiger partial charge >= 0.3 is 0 Å². The van der Waals surface area contributed by atoms with Crippen LogP contribution in [0.5, 0.6) is 0 Å². The summed E-state index contributed by atoms with van der Waals surface area (Å²) in [5, 5.41) is 0. The first-order valence-electron chi connectivity index (χ1n) is 3.93. The highest BCUT2D eigenvalue weighted by Gasteiger charge is 1.87. The monoisotopic (exact) mass is 160 g/mol. The van der Waals surface area contributed by atoms with E-state index in [1.807, 2.05) is 11.8 Å². The summed E-state index contributed by atoms with van der Waals surface area (Å²) in [5.74, 6) is 2.23. The number of unbranched alkanes of at least 4 members (excludes halogenated alkanes) is 2. The predicted octanol–water partition coefficient (Wildman–Crippen LogP) is 2.50. The Morgan fingerprint density at radius 3 is 2.70 bits per heavy atom. The van der Waals surface area contributed by atoms with Gasteiger partial charge in [0.15, 0.2) is 0 Å². The van der Waals surface area contributed by atoms with Crippen LogP contribution in [0.15, 0.2) is 0 Å². The first-order chi connectivity index (χ1) is 4.91. The zero-order chi connectivity index (χ0) is 7.66. The molecule has 0 aliphatic carbocycles. The minimum absolute atomic E-state index is 0.719. The van der Waals surface area contributed by atoms with E-state index in [4.69, 9.17) is 0 Å². The van der Waals surface area contributed by atoms with Gasteiger partial charge in [-0.25, -0.2) is 0 Å². The van der Waals surface area contributed by atoms with E-state index in [-0.39, 0.29) is 0 Å². The SMILES string of the molecule is CCCCCSCCC=O. The molecule has 0 N–H and O–H groups in total. The fourth-order valence-electron chi connectivity index (χ4n) is 0.688. The zero-order valence-electron chi connectivity index (χ0n) is 6.64. The van der Waals surface area contributed by atoms with Gasteiger partial charge in [-0.1, -0.05) is 19.8 Å². The molecule has 0 spiro atoms. The second-order valence-corrected chi connectivity index (χ2v) is 3.50. The Balaban J connectivity index is 2.70. The van der Waals surface area contributed by atoms with Crippen molar-refractivity contribution in [2.45, 2.75) is 32.6 Å². The summed E-state index contributed by atoms with van der Waals surface area (Å²) in [4.78, 5) is 9.88. The van der Waals surface area contributed by atoms with Crippen molar-refractivity contribution < 1.29 is 4.79 Å². The van der Waals surface area contributed by atoms with Crippen molar-refractivity contribution in [2.75, 3.05) is 11.5 Å². The van der Waals surface area contributed by atoms with Crippen LogP contribution in [0, 0.1) is 0 Å². The number of hydrogen-bond donors (Lipinski definition) is 0. The maximum Gasteiger partial charge on any atom is 0.120 e. The van der Waals surface area contributed by atoms with Crippen molar-refractivity contribution in [3.63, 3.8) is 0 Å². The first kappa shape index (κ1) is 10.0. The highest BCUT2D eigenvalue weighted by molar-refractivity contribution is 7.99. The summed E-state index contributed by atoms with van der Waals surface area (Å²) in [6.45, 7) is 2.20. The van der Waals surface area contributed by atoms with Gasteiger partial charge in [-0.05, 0) is 17.9 Å². The molecule has 0 aromatic heterocycles. The molecule has 0 saturated heterocycles. The van der Waals surface area contributed by atoms with E-state index in [0.717, 1.165) is 18.5 Å². The Kier molecular flexibility index (Phi) is 9.04. The smallest absolute Gasteiger partial charge is 0.120 e. The number of hydrogen-bond acceptors (Lipinski definition) is 2. The summed E-state index contributed by atoms with van der Waals surface area (Å²) in [6.07, 6.45) is 5.63. The standard InChI is InChI=1S/C8H16OS/c1-2-3-4-7-10-8-5-6-9/h6H,2-5,7-8H2,1H3. The number of thioether (sulfide) groups is 1. The van der Waals surface area contributed by atoms with Crippen LogP contribution in [0.2, 0.25) is 0 Å². The summed E-state index contributed by atoms with van der Waals surface area (Å²) >= 11 is 1.89. The van der Waals surface area contributed by atoms with E-state index >= 15 is 0 Å². The molecule has 0 aromatic rings. The molecule has 2 heteroatoms. The van der Waals surface area contributed by atoms with Crippen LogP contribution in [0.1, 0.15) is 32.6 Å². The molecule has 0 heterocycles. The highest BCUT2D eigenvalue weighted by atomic mass is 32.2. The summed E-state index contributed by atoms with van der Waals surface area (Å²) in [5.41, 5.74) is 0. The Hall–Kier alpha value is 0.0200. The van der Waals surface area contributed by atoms with Gasteiger partial charge in [0.05, 0.1) is 0 Å². The maximum atomic E-state index is 9.88. The lowest BCUT2D eigenvalue weighted by Gasteiger charge is -1.96. The third kappa shape index (κ3) is 8.02. The summed E-state index contributed by atoms with van der Waals surface area (Å²) in [7, 11) is 0. The Morgan fingerprint density at radius 2 is 2.10 bits per heavy atom. The van der Waals surface area contributed by atoms with Gasteiger partial charge in [0.25, 0.3) is 0 Å². The molecule has 60 valence electrons. The van der Waals surface area contributed by atoms with Crippen LogP contribution in [-0.2, 0) is 4.79 Å². The van der Waals surface area contributed by atoms with Crippen LogP contribution < -0.4 is 0 Å².